The van der Waals surface area contributed by atoms with Crippen LogP contribution in [0.25, 0.3) is 21.8 Å². The SMILES string of the molecule is COc1cc(N2C[C@H](C)N(CCC(=O)N[C@H](C(=O)N3C[C@H](O)C[C@H]3C(=O)N[C@@H](C)c3ccc(-c4scnc4C)cc3)C(C)(C)C)C[C@@H]2C)ccc1NC(=O)c1cccc(-c2ccn[nH]2)n1. The molecular formula is C48H60N10O6S. The molecule has 5 N–H and O–H groups in total. The number of hydrogen-bond donors (Lipinski definition) is 5. The van der Waals surface area contributed by atoms with Gasteiger partial charge in [0.2, 0.25) is 17.7 Å². The highest BCUT2D eigenvalue weighted by molar-refractivity contribution is 7.13. The maximum absolute atomic E-state index is 14.3. The maximum Gasteiger partial charge on any atom is 0.274 e. The van der Waals surface area contributed by atoms with Crippen molar-refractivity contribution < 1.29 is 29.0 Å². The van der Waals surface area contributed by atoms with Crippen molar-refractivity contribution in [2.45, 2.75) is 97.6 Å². The van der Waals surface area contributed by atoms with E-state index in [4.69, 9.17) is 4.74 Å². The topological polar surface area (TPSA) is 198 Å². The minimum atomic E-state index is -0.921. The van der Waals surface area contributed by atoms with Gasteiger partial charge in [-0.25, -0.2) is 9.97 Å². The molecule has 65 heavy (non-hydrogen) atoms. The van der Waals surface area contributed by atoms with Crippen molar-refractivity contribution in [1.82, 2.24) is 40.6 Å². The van der Waals surface area contributed by atoms with Crippen LogP contribution in [0.15, 0.2) is 78.4 Å². The molecule has 5 aromatic rings. The van der Waals surface area contributed by atoms with Gasteiger partial charge in [0, 0.05) is 69.1 Å². The van der Waals surface area contributed by atoms with E-state index < -0.39 is 29.5 Å². The Morgan fingerprint density at radius 1 is 0.985 bits per heavy atom. The number of H-pyrrole nitrogens is 1. The fourth-order valence-electron chi connectivity index (χ4n) is 8.62. The number of aliphatic hydroxyl groups excluding tert-OH is 1. The molecule has 7 rings (SSSR count). The summed E-state index contributed by atoms with van der Waals surface area (Å²) in [5, 5.41) is 26.6. The number of thiazole rings is 1. The molecule has 2 aromatic carbocycles. The number of pyridine rings is 1. The minimum absolute atomic E-state index is 0.00120. The van der Waals surface area contributed by atoms with Gasteiger partial charge in [-0.2, -0.15) is 5.10 Å². The Kier molecular flexibility index (Phi) is 14.3. The standard InChI is InChI=1S/C48H60N10O6S/c1-28-25-57(34-16-17-38(41(22-34)64-8)53-45(61)39-11-9-10-36(52-39)37-18-20-50-55-37)29(2)24-56(28)21-19-42(60)54-44(48(5,6)7)47(63)58-26-35(59)23-40(58)46(62)51-30(3)32-12-14-33(15-13-32)43-31(4)49-27-65-43/h9-18,20,22,27-30,35,40,44,59H,19,21,23-26H2,1-8H3,(H,50,55)(H,51,62)(H,53,61)(H,54,60)/t28-,29-,30-,35+,40-,44+/m0/s1. The van der Waals surface area contributed by atoms with Crippen molar-refractivity contribution in [3.8, 4) is 27.6 Å². The number of rotatable bonds is 14. The Hall–Kier alpha value is -6.17. The summed E-state index contributed by atoms with van der Waals surface area (Å²) in [6.07, 6.45) is 1.03. The first kappa shape index (κ1) is 46.8. The fourth-order valence-corrected chi connectivity index (χ4v) is 9.43. The van der Waals surface area contributed by atoms with Gasteiger partial charge in [-0.3, -0.25) is 29.2 Å². The van der Waals surface area contributed by atoms with Gasteiger partial charge in [-0.1, -0.05) is 51.1 Å². The molecule has 0 bridgehead atoms. The number of piperazine rings is 1. The van der Waals surface area contributed by atoms with E-state index in [1.165, 1.54) is 4.90 Å². The molecule has 0 aliphatic carbocycles. The Balaban J connectivity index is 0.930. The molecule has 344 valence electrons. The number of aromatic amines is 1. The van der Waals surface area contributed by atoms with E-state index in [2.05, 4.69) is 59.8 Å². The smallest absolute Gasteiger partial charge is 0.274 e. The summed E-state index contributed by atoms with van der Waals surface area (Å²) in [6.45, 7) is 15.6. The fraction of sp³-hybridized carbons (Fsp3) is 0.438. The van der Waals surface area contributed by atoms with E-state index in [1.54, 1.807) is 48.9 Å². The predicted octanol–water partition coefficient (Wildman–Crippen LogP) is 5.82. The van der Waals surface area contributed by atoms with Crippen LogP contribution < -0.4 is 25.6 Å². The van der Waals surface area contributed by atoms with Crippen LogP contribution in [0.1, 0.15) is 82.2 Å². The number of carbonyl (C=O) groups is 4. The average Bonchev–Trinajstić information content (AvgIpc) is 4.07. The molecule has 2 aliphatic rings. The van der Waals surface area contributed by atoms with Gasteiger partial charge in [0.1, 0.15) is 23.5 Å². The lowest BCUT2D eigenvalue weighted by molar-refractivity contribution is -0.144. The lowest BCUT2D eigenvalue weighted by Crippen LogP contribution is -2.59. The first-order valence-electron chi connectivity index (χ1n) is 22.1. The van der Waals surface area contributed by atoms with Crippen molar-refractivity contribution in [2.75, 3.05) is 43.5 Å². The molecule has 16 nitrogen and oxygen atoms in total. The summed E-state index contributed by atoms with van der Waals surface area (Å²) >= 11 is 1.58. The van der Waals surface area contributed by atoms with Crippen LogP contribution in [0.3, 0.4) is 0 Å². The maximum atomic E-state index is 14.3. The molecule has 5 heterocycles. The van der Waals surface area contributed by atoms with E-state index in [0.29, 0.717) is 42.5 Å². The summed E-state index contributed by atoms with van der Waals surface area (Å²) in [6, 6.07) is 18.7. The third-order valence-electron chi connectivity index (χ3n) is 12.3. The zero-order valence-corrected chi connectivity index (χ0v) is 39.1. The second-order valence-electron chi connectivity index (χ2n) is 18.2. The number of methoxy groups -OCH3 is 1. The second-order valence-corrected chi connectivity index (χ2v) is 19.0. The van der Waals surface area contributed by atoms with Crippen LogP contribution in [0.4, 0.5) is 11.4 Å². The molecule has 0 unspecified atom stereocenters. The largest absolute Gasteiger partial charge is 0.494 e. The first-order valence-corrected chi connectivity index (χ1v) is 22.9. The number of anilines is 2. The number of nitrogens with zero attached hydrogens (tertiary/aromatic N) is 6. The first-order chi connectivity index (χ1) is 31.0. The number of nitrogens with one attached hydrogen (secondary N) is 4. The van der Waals surface area contributed by atoms with Crippen LogP contribution in [-0.4, -0.2) is 122 Å². The van der Waals surface area contributed by atoms with Crippen LogP contribution in [0, 0.1) is 12.3 Å². The lowest BCUT2D eigenvalue weighted by atomic mass is 9.85. The Morgan fingerprint density at radius 2 is 1.75 bits per heavy atom. The predicted molar refractivity (Wildman–Crippen MR) is 252 cm³/mol. The quantitative estimate of drug-likeness (QED) is 0.0900. The molecular weight excluding hydrogens is 845 g/mol. The number of benzene rings is 2. The molecule has 4 amide bonds. The van der Waals surface area contributed by atoms with Gasteiger partial charge in [0.05, 0.1) is 52.4 Å². The zero-order valence-electron chi connectivity index (χ0n) is 38.3. The van der Waals surface area contributed by atoms with Crippen LogP contribution in [-0.2, 0) is 14.4 Å². The zero-order chi connectivity index (χ0) is 46.6. The summed E-state index contributed by atoms with van der Waals surface area (Å²) in [5.41, 5.74) is 7.09. The average molecular weight is 905 g/mol. The second kappa shape index (κ2) is 19.9. The number of amides is 4. The summed E-state index contributed by atoms with van der Waals surface area (Å²) in [7, 11) is 1.57. The van der Waals surface area contributed by atoms with Gasteiger partial charge in [0.25, 0.3) is 5.91 Å². The van der Waals surface area contributed by atoms with Gasteiger partial charge < -0.3 is 35.6 Å². The summed E-state index contributed by atoms with van der Waals surface area (Å²) in [4.78, 5) is 70.9. The number of likely N-dealkylation sites (tertiary alicyclic amines) is 1. The van der Waals surface area contributed by atoms with Crippen LogP contribution in [0.2, 0.25) is 0 Å². The van der Waals surface area contributed by atoms with Gasteiger partial charge in [-0.15, -0.1) is 11.3 Å². The number of aliphatic hydroxyl groups is 1. The number of ether oxygens (including phenoxy) is 1. The van der Waals surface area contributed by atoms with Crippen LogP contribution in [0.5, 0.6) is 5.75 Å². The number of hydrogen-bond acceptors (Lipinski definition) is 12. The minimum Gasteiger partial charge on any atom is -0.494 e. The molecule has 2 saturated heterocycles. The van der Waals surface area contributed by atoms with E-state index in [-0.39, 0.29) is 60.9 Å². The molecule has 2 aliphatic heterocycles. The van der Waals surface area contributed by atoms with Crippen molar-refractivity contribution >= 4 is 46.3 Å². The summed E-state index contributed by atoms with van der Waals surface area (Å²) in [5.74, 6) is -0.877. The number of aromatic nitrogens is 4. The van der Waals surface area contributed by atoms with Gasteiger partial charge >= 0.3 is 0 Å². The number of β-amino-alcohol motifs (C(OH)–C–C–N with tert-alkyl or cyclic N) is 1. The summed E-state index contributed by atoms with van der Waals surface area (Å²) < 4.78 is 5.73. The van der Waals surface area contributed by atoms with Crippen molar-refractivity contribution in [1.29, 1.82) is 0 Å². The third kappa shape index (κ3) is 10.9. The van der Waals surface area contributed by atoms with Gasteiger partial charge in [0.15, 0.2) is 0 Å². The monoisotopic (exact) mass is 904 g/mol. The van der Waals surface area contributed by atoms with Gasteiger partial charge in [-0.05, 0) is 74.6 Å². The van der Waals surface area contributed by atoms with Crippen LogP contribution >= 0.6 is 11.3 Å². The number of carbonyl (C=O) groups excluding carboxylic acids is 4. The normalized spacial score (nSPS) is 20.0. The highest BCUT2D eigenvalue weighted by atomic mass is 32.1. The Labute approximate surface area is 384 Å². The molecule has 17 heteroatoms. The molecule has 3 aromatic heterocycles. The van der Waals surface area contributed by atoms with E-state index in [1.807, 2.05) is 82.6 Å². The Bertz CT molecular complexity index is 2470. The third-order valence-corrected chi connectivity index (χ3v) is 13.3. The molecule has 2 fully saturated rings. The number of aryl methyl sites for hydroxylation is 1. The van der Waals surface area contributed by atoms with Crippen molar-refractivity contribution in [2.24, 2.45) is 5.41 Å². The molecule has 0 spiro atoms. The van der Waals surface area contributed by atoms with E-state index in [9.17, 15) is 24.3 Å². The highest BCUT2D eigenvalue weighted by Crippen LogP contribution is 2.34. The molecule has 6 atom stereocenters. The Morgan fingerprint density at radius 3 is 2.43 bits per heavy atom. The van der Waals surface area contributed by atoms with E-state index in [0.717, 1.165) is 27.4 Å². The highest BCUT2D eigenvalue weighted by Gasteiger charge is 2.45. The lowest BCUT2D eigenvalue weighted by Gasteiger charge is -2.45. The molecule has 0 saturated carbocycles. The van der Waals surface area contributed by atoms with E-state index >= 15 is 0 Å². The van der Waals surface area contributed by atoms with Crippen molar-refractivity contribution in [3.63, 3.8) is 0 Å². The molecule has 0 radical (unpaired) electrons. The van der Waals surface area contributed by atoms with Crippen molar-refractivity contribution in [3.05, 3.63) is 95.4 Å².